The predicted octanol–water partition coefficient (Wildman–Crippen LogP) is 3.57. The Labute approximate surface area is 189 Å². The second kappa shape index (κ2) is 7.70. The minimum absolute atomic E-state index is 0.487. The normalized spacial score (nSPS) is 12.1. The highest BCUT2D eigenvalue weighted by molar-refractivity contribution is 5.63. The van der Waals surface area contributed by atoms with E-state index in [4.69, 9.17) is 9.26 Å². The lowest BCUT2D eigenvalue weighted by Crippen LogP contribution is -2.04. The van der Waals surface area contributed by atoms with Gasteiger partial charge in [0, 0.05) is 25.3 Å². The number of imidazole rings is 1. The molecule has 9 heteroatoms. The lowest BCUT2D eigenvalue weighted by atomic mass is 10.1. The number of ether oxygens (including phenoxy) is 1. The van der Waals surface area contributed by atoms with Crippen LogP contribution in [0.1, 0.15) is 35.5 Å². The van der Waals surface area contributed by atoms with Gasteiger partial charge in [-0.1, -0.05) is 47.6 Å². The van der Waals surface area contributed by atoms with Crippen LogP contribution in [-0.2, 0) is 19.3 Å². The Morgan fingerprint density at radius 2 is 1.94 bits per heavy atom. The molecule has 0 N–H and O–H groups in total. The van der Waals surface area contributed by atoms with E-state index in [1.807, 2.05) is 48.0 Å². The minimum atomic E-state index is 0.487. The van der Waals surface area contributed by atoms with Crippen LogP contribution >= 0.6 is 0 Å². The van der Waals surface area contributed by atoms with Gasteiger partial charge in [0.05, 0.1) is 35.6 Å². The first-order valence-electron chi connectivity index (χ1n) is 10.8. The molecule has 1 aliphatic heterocycles. The Bertz CT molecular complexity index is 1450. The van der Waals surface area contributed by atoms with Crippen LogP contribution in [0.2, 0.25) is 0 Å². The lowest BCUT2D eigenvalue weighted by Gasteiger charge is -2.11. The molecule has 2 aromatic carbocycles. The van der Waals surface area contributed by atoms with E-state index in [1.165, 1.54) is 5.56 Å². The topological polar surface area (TPSA) is 96.7 Å². The number of benzene rings is 2. The Morgan fingerprint density at radius 1 is 1.06 bits per heavy atom. The number of aromatic nitrogens is 7. The maximum atomic E-state index is 5.50. The molecule has 0 fully saturated rings. The summed E-state index contributed by atoms with van der Waals surface area (Å²) in [7, 11) is 1.66. The fourth-order valence-corrected chi connectivity index (χ4v) is 4.22. The third-order valence-electron chi connectivity index (χ3n) is 5.91. The van der Waals surface area contributed by atoms with Gasteiger partial charge < -0.3 is 9.26 Å². The number of hydrogen-bond donors (Lipinski definition) is 0. The first-order chi connectivity index (χ1) is 16.2. The summed E-state index contributed by atoms with van der Waals surface area (Å²) in [5, 5.41) is 13.3. The van der Waals surface area contributed by atoms with Gasteiger partial charge in [-0.2, -0.15) is 4.98 Å². The molecule has 164 valence electrons. The molecule has 0 bridgehead atoms. The summed E-state index contributed by atoms with van der Waals surface area (Å²) < 4.78 is 14.8. The van der Waals surface area contributed by atoms with Crippen LogP contribution in [0.3, 0.4) is 0 Å². The summed E-state index contributed by atoms with van der Waals surface area (Å²) in [5.41, 5.74) is 6.54. The van der Waals surface area contributed by atoms with Gasteiger partial charge in [0.1, 0.15) is 17.8 Å². The molecule has 0 atom stereocenters. The summed E-state index contributed by atoms with van der Waals surface area (Å²) >= 11 is 0. The summed E-state index contributed by atoms with van der Waals surface area (Å²) in [5.74, 6) is 1.82. The van der Waals surface area contributed by atoms with E-state index < -0.39 is 0 Å². The van der Waals surface area contributed by atoms with Gasteiger partial charge in [0.25, 0.3) is 0 Å². The van der Waals surface area contributed by atoms with Crippen LogP contribution in [0.15, 0.2) is 59.4 Å². The van der Waals surface area contributed by atoms with Crippen molar-refractivity contribution in [2.24, 2.45) is 0 Å². The quantitative estimate of drug-likeness (QED) is 0.405. The zero-order valence-corrected chi connectivity index (χ0v) is 18.3. The zero-order chi connectivity index (χ0) is 22.4. The average Bonchev–Trinajstić information content (AvgIpc) is 3.57. The molecule has 0 spiro atoms. The molecule has 0 radical (unpaired) electrons. The van der Waals surface area contributed by atoms with Crippen LogP contribution in [0.25, 0.3) is 22.9 Å². The van der Waals surface area contributed by atoms with Gasteiger partial charge in [-0.25, -0.2) is 9.67 Å². The third kappa shape index (κ3) is 3.20. The van der Waals surface area contributed by atoms with E-state index in [9.17, 15) is 0 Å². The average molecular weight is 439 g/mol. The van der Waals surface area contributed by atoms with Crippen LogP contribution in [0, 0.1) is 0 Å². The largest absolute Gasteiger partial charge is 0.497 e. The van der Waals surface area contributed by atoms with Crippen LogP contribution in [0.5, 0.6) is 5.75 Å². The van der Waals surface area contributed by atoms with Crippen molar-refractivity contribution in [1.29, 1.82) is 0 Å². The SMILES string of the molecule is CCc1nc(-c2ncn3c2Cc2c(Cc4ccccc4)nnn2-c2cc(OC)ccc2-3)no1. The first kappa shape index (κ1) is 19.4. The molecule has 0 saturated carbocycles. The molecular formula is C24H21N7O2. The van der Waals surface area contributed by atoms with E-state index in [-0.39, 0.29) is 0 Å². The van der Waals surface area contributed by atoms with Crippen molar-refractivity contribution in [2.45, 2.75) is 26.2 Å². The highest BCUT2D eigenvalue weighted by atomic mass is 16.5. The molecule has 4 heterocycles. The molecule has 5 aromatic rings. The highest BCUT2D eigenvalue weighted by Crippen LogP contribution is 2.34. The number of methoxy groups -OCH3 is 1. The first-order valence-corrected chi connectivity index (χ1v) is 10.8. The van der Waals surface area contributed by atoms with Crippen LogP contribution < -0.4 is 4.74 Å². The van der Waals surface area contributed by atoms with Crippen molar-refractivity contribution in [3.63, 3.8) is 0 Å². The molecule has 6 rings (SSSR count). The number of rotatable bonds is 5. The Hall–Kier alpha value is -4.27. The third-order valence-corrected chi connectivity index (χ3v) is 5.91. The van der Waals surface area contributed by atoms with Gasteiger partial charge >= 0.3 is 0 Å². The van der Waals surface area contributed by atoms with Crippen LogP contribution in [-0.4, -0.2) is 41.8 Å². The summed E-state index contributed by atoms with van der Waals surface area (Å²) in [6.45, 7) is 1.98. The van der Waals surface area contributed by atoms with E-state index in [2.05, 4.69) is 42.1 Å². The number of hydrogen-bond acceptors (Lipinski definition) is 7. The second-order valence-electron chi connectivity index (χ2n) is 7.86. The van der Waals surface area contributed by atoms with E-state index in [0.717, 1.165) is 34.2 Å². The Balaban J connectivity index is 1.55. The highest BCUT2D eigenvalue weighted by Gasteiger charge is 2.28. The standard InChI is InChI=1S/C24H21N7O2/c1-3-22-26-24(28-33-22)23-21-13-19-17(11-15-7-5-4-6-8-15)27-29-31(19)20-12-16(32-2)9-10-18(20)30(21)14-25-23/h4-10,12,14H,3,11,13H2,1-2H3. The van der Waals surface area contributed by atoms with Gasteiger partial charge in [-0.3, -0.25) is 4.57 Å². The molecule has 0 amide bonds. The van der Waals surface area contributed by atoms with Crippen LogP contribution in [0.4, 0.5) is 0 Å². The van der Waals surface area contributed by atoms with Gasteiger partial charge in [-0.05, 0) is 17.7 Å². The Kier molecular flexibility index (Phi) is 4.53. The molecule has 1 aliphatic rings. The van der Waals surface area contributed by atoms with Crippen molar-refractivity contribution in [1.82, 2.24) is 34.7 Å². The summed E-state index contributed by atoms with van der Waals surface area (Å²) in [6, 6.07) is 16.2. The van der Waals surface area contributed by atoms with Crippen molar-refractivity contribution < 1.29 is 9.26 Å². The molecule has 0 aliphatic carbocycles. The van der Waals surface area contributed by atoms with Gasteiger partial charge in [0.2, 0.25) is 11.7 Å². The predicted molar refractivity (Wildman–Crippen MR) is 120 cm³/mol. The van der Waals surface area contributed by atoms with E-state index in [1.54, 1.807) is 13.4 Å². The van der Waals surface area contributed by atoms with Crippen molar-refractivity contribution in [2.75, 3.05) is 7.11 Å². The molecule has 3 aromatic heterocycles. The second-order valence-corrected chi connectivity index (χ2v) is 7.86. The number of fused-ring (bicyclic) bond motifs is 5. The molecule has 0 unspecified atom stereocenters. The van der Waals surface area contributed by atoms with E-state index in [0.29, 0.717) is 36.7 Å². The Morgan fingerprint density at radius 3 is 2.73 bits per heavy atom. The van der Waals surface area contributed by atoms with Gasteiger partial charge in [0.15, 0.2) is 0 Å². The molecule has 9 nitrogen and oxygen atoms in total. The fourth-order valence-electron chi connectivity index (χ4n) is 4.22. The molecule has 0 saturated heterocycles. The van der Waals surface area contributed by atoms with Crippen molar-refractivity contribution in [3.8, 4) is 28.6 Å². The number of aryl methyl sites for hydroxylation is 1. The number of nitrogens with zero attached hydrogens (tertiary/aromatic N) is 7. The maximum absolute atomic E-state index is 5.50. The molecule has 33 heavy (non-hydrogen) atoms. The van der Waals surface area contributed by atoms with Crippen molar-refractivity contribution >= 4 is 0 Å². The smallest absolute Gasteiger partial charge is 0.226 e. The lowest BCUT2D eigenvalue weighted by molar-refractivity contribution is 0.382. The summed E-state index contributed by atoms with van der Waals surface area (Å²) in [6.07, 6.45) is 3.72. The fraction of sp³-hybridized carbons (Fsp3) is 0.208. The van der Waals surface area contributed by atoms with E-state index >= 15 is 0 Å². The summed E-state index contributed by atoms with van der Waals surface area (Å²) in [4.78, 5) is 9.18. The monoisotopic (exact) mass is 439 g/mol. The zero-order valence-electron chi connectivity index (χ0n) is 18.3. The van der Waals surface area contributed by atoms with Gasteiger partial charge in [-0.15, -0.1) is 5.10 Å². The molecular weight excluding hydrogens is 418 g/mol. The maximum Gasteiger partial charge on any atom is 0.226 e. The minimum Gasteiger partial charge on any atom is -0.497 e. The van der Waals surface area contributed by atoms with Crippen molar-refractivity contribution in [3.05, 3.63) is 83.4 Å².